The molecule has 1 aromatic carbocycles. The number of hydrogen-bond acceptors (Lipinski definition) is 2. The van der Waals surface area contributed by atoms with E-state index in [9.17, 15) is 9.59 Å². The number of rotatable bonds is 2. The van der Waals surface area contributed by atoms with Gasteiger partial charge in [0, 0.05) is 21.1 Å². The normalized spacial score (nSPS) is 18.4. The van der Waals surface area contributed by atoms with Crippen LogP contribution in [0.3, 0.4) is 0 Å². The lowest BCUT2D eigenvalue weighted by atomic mass is 10.1. The zero-order chi connectivity index (χ0) is 14.0. The third-order valence-electron chi connectivity index (χ3n) is 3.00. The first-order chi connectivity index (χ1) is 8.97. The fourth-order valence-electron chi connectivity index (χ4n) is 1.93. The Kier molecular flexibility index (Phi) is 4.67. The molecular weight excluding hydrogens is 427 g/mol. The van der Waals surface area contributed by atoms with Crippen molar-refractivity contribution in [2.45, 2.75) is 6.42 Å². The van der Waals surface area contributed by atoms with Gasteiger partial charge in [0.2, 0.25) is 0 Å². The number of halogens is 2. The van der Waals surface area contributed by atoms with Gasteiger partial charge in [-0.1, -0.05) is 0 Å². The minimum absolute atomic E-state index is 0.259. The molecular formula is C12H12BrIN2O3. The summed E-state index contributed by atoms with van der Waals surface area (Å²) >= 11 is 5.57. The van der Waals surface area contributed by atoms with Crippen molar-refractivity contribution in [3.8, 4) is 0 Å². The molecule has 0 radical (unpaired) electrons. The number of likely N-dealkylation sites (tertiary alicyclic amines) is 1. The minimum Gasteiger partial charge on any atom is -0.481 e. The maximum atomic E-state index is 12.0. The second-order valence-corrected chi connectivity index (χ2v) is 6.42. The van der Waals surface area contributed by atoms with Gasteiger partial charge in [0.25, 0.3) is 0 Å². The van der Waals surface area contributed by atoms with Crippen LogP contribution in [0.2, 0.25) is 0 Å². The van der Waals surface area contributed by atoms with E-state index in [0.717, 1.165) is 8.04 Å². The van der Waals surface area contributed by atoms with Crippen LogP contribution < -0.4 is 5.32 Å². The molecule has 1 unspecified atom stereocenters. The average molecular weight is 439 g/mol. The summed E-state index contributed by atoms with van der Waals surface area (Å²) < 4.78 is 1.87. The molecule has 1 saturated heterocycles. The van der Waals surface area contributed by atoms with Crippen LogP contribution in [0, 0.1) is 9.49 Å². The van der Waals surface area contributed by atoms with Gasteiger partial charge in [0.15, 0.2) is 0 Å². The number of carboxylic acid groups (broad SMARTS) is 1. The van der Waals surface area contributed by atoms with E-state index in [4.69, 9.17) is 5.11 Å². The molecule has 0 bridgehead atoms. The maximum Gasteiger partial charge on any atom is 0.321 e. The van der Waals surface area contributed by atoms with Crippen LogP contribution in [0.4, 0.5) is 10.5 Å². The number of carboxylic acids is 1. The van der Waals surface area contributed by atoms with Gasteiger partial charge in [-0.25, -0.2) is 4.79 Å². The van der Waals surface area contributed by atoms with Crippen molar-refractivity contribution in [2.75, 3.05) is 18.4 Å². The number of amides is 2. The highest BCUT2D eigenvalue weighted by Crippen LogP contribution is 2.25. The van der Waals surface area contributed by atoms with Crippen LogP contribution in [-0.2, 0) is 4.79 Å². The first-order valence-corrected chi connectivity index (χ1v) is 7.58. The number of aliphatic carboxylic acids is 1. The Labute approximate surface area is 132 Å². The molecule has 1 atom stereocenters. The zero-order valence-corrected chi connectivity index (χ0v) is 13.6. The fraction of sp³-hybridized carbons (Fsp3) is 0.333. The Hall–Kier alpha value is -0.830. The van der Waals surface area contributed by atoms with E-state index in [1.165, 1.54) is 4.90 Å². The maximum absolute atomic E-state index is 12.0. The highest BCUT2D eigenvalue weighted by atomic mass is 127. The first-order valence-electron chi connectivity index (χ1n) is 5.71. The van der Waals surface area contributed by atoms with E-state index >= 15 is 0 Å². The standard InChI is InChI=1S/C12H12BrIN2O3/c13-9-5-8(14)1-2-10(9)15-12(19)16-4-3-7(6-16)11(17)18/h1-2,5,7H,3-4,6H2,(H,15,19)(H,17,18). The topological polar surface area (TPSA) is 69.6 Å². The molecule has 1 aliphatic rings. The fourth-order valence-corrected chi connectivity index (χ4v) is 3.33. The molecule has 1 fully saturated rings. The van der Waals surface area contributed by atoms with E-state index in [2.05, 4.69) is 43.8 Å². The van der Waals surface area contributed by atoms with Crippen molar-refractivity contribution in [3.05, 3.63) is 26.2 Å². The molecule has 5 nitrogen and oxygen atoms in total. The Morgan fingerprint density at radius 2 is 2.21 bits per heavy atom. The van der Waals surface area contributed by atoms with E-state index in [-0.39, 0.29) is 12.6 Å². The lowest BCUT2D eigenvalue weighted by Crippen LogP contribution is -2.33. The monoisotopic (exact) mass is 438 g/mol. The zero-order valence-electron chi connectivity index (χ0n) is 9.90. The molecule has 2 rings (SSSR count). The summed E-state index contributed by atoms with van der Waals surface area (Å²) in [6, 6.07) is 5.35. The van der Waals surface area contributed by atoms with Crippen LogP contribution in [0.1, 0.15) is 6.42 Å². The highest BCUT2D eigenvalue weighted by molar-refractivity contribution is 14.1. The molecule has 102 valence electrons. The van der Waals surface area contributed by atoms with Crippen LogP contribution >= 0.6 is 38.5 Å². The summed E-state index contributed by atoms with van der Waals surface area (Å²) in [6.07, 6.45) is 0.511. The molecule has 0 aliphatic carbocycles. The van der Waals surface area contributed by atoms with Crippen molar-refractivity contribution in [3.63, 3.8) is 0 Å². The molecule has 7 heteroatoms. The van der Waals surface area contributed by atoms with Crippen molar-refractivity contribution in [2.24, 2.45) is 5.92 Å². The molecule has 0 saturated carbocycles. The average Bonchev–Trinajstić information content (AvgIpc) is 2.82. The molecule has 0 aromatic heterocycles. The van der Waals surface area contributed by atoms with Crippen LogP contribution in [0.15, 0.2) is 22.7 Å². The predicted octanol–water partition coefficient (Wildman–Crippen LogP) is 2.99. The SMILES string of the molecule is O=C(O)C1CCN(C(=O)Nc2ccc(I)cc2Br)C1. The van der Waals surface area contributed by atoms with Gasteiger partial charge in [-0.3, -0.25) is 4.79 Å². The predicted molar refractivity (Wildman–Crippen MR) is 83.2 cm³/mol. The van der Waals surface area contributed by atoms with Crippen molar-refractivity contribution < 1.29 is 14.7 Å². The molecule has 2 N–H and O–H groups in total. The summed E-state index contributed by atoms with van der Waals surface area (Å²) in [4.78, 5) is 24.4. The lowest BCUT2D eigenvalue weighted by molar-refractivity contribution is -0.141. The van der Waals surface area contributed by atoms with Crippen LogP contribution in [0.25, 0.3) is 0 Å². The third-order valence-corrected chi connectivity index (χ3v) is 4.32. The van der Waals surface area contributed by atoms with Gasteiger partial charge in [-0.05, 0) is 63.1 Å². The molecule has 1 aromatic rings. The summed E-state index contributed by atoms with van der Waals surface area (Å²) in [7, 11) is 0. The van der Waals surface area contributed by atoms with Gasteiger partial charge in [0.05, 0.1) is 11.6 Å². The van der Waals surface area contributed by atoms with Crippen molar-refractivity contribution in [1.29, 1.82) is 0 Å². The van der Waals surface area contributed by atoms with Crippen LogP contribution in [0.5, 0.6) is 0 Å². The second kappa shape index (κ2) is 6.08. The number of anilines is 1. The molecule has 2 amide bonds. The number of hydrogen-bond donors (Lipinski definition) is 2. The largest absolute Gasteiger partial charge is 0.481 e. The summed E-state index contributed by atoms with van der Waals surface area (Å²) in [5.74, 6) is -1.29. The van der Waals surface area contributed by atoms with E-state index < -0.39 is 11.9 Å². The number of urea groups is 1. The lowest BCUT2D eigenvalue weighted by Gasteiger charge is -2.17. The number of carbonyl (C=O) groups is 2. The summed E-state index contributed by atoms with van der Waals surface area (Å²) in [6.45, 7) is 0.744. The molecule has 0 spiro atoms. The van der Waals surface area contributed by atoms with Gasteiger partial charge in [-0.2, -0.15) is 0 Å². The van der Waals surface area contributed by atoms with E-state index in [1.807, 2.05) is 18.2 Å². The van der Waals surface area contributed by atoms with Gasteiger partial charge < -0.3 is 15.3 Å². The van der Waals surface area contributed by atoms with E-state index in [0.29, 0.717) is 18.7 Å². The Balaban J connectivity index is 2.00. The Bertz CT molecular complexity index is 524. The highest BCUT2D eigenvalue weighted by Gasteiger charge is 2.30. The minimum atomic E-state index is -0.842. The smallest absolute Gasteiger partial charge is 0.321 e. The number of carbonyl (C=O) groups excluding carboxylic acids is 1. The number of nitrogens with zero attached hydrogens (tertiary/aromatic N) is 1. The summed E-state index contributed by atoms with van der Waals surface area (Å²) in [5, 5.41) is 11.7. The van der Waals surface area contributed by atoms with Crippen molar-refractivity contribution >= 4 is 56.2 Å². The van der Waals surface area contributed by atoms with E-state index in [1.54, 1.807) is 0 Å². The van der Waals surface area contributed by atoms with Crippen molar-refractivity contribution in [1.82, 2.24) is 4.90 Å². The molecule has 19 heavy (non-hydrogen) atoms. The Morgan fingerprint density at radius 1 is 1.47 bits per heavy atom. The van der Waals surface area contributed by atoms with Gasteiger partial charge in [-0.15, -0.1) is 0 Å². The Morgan fingerprint density at radius 3 is 2.79 bits per heavy atom. The van der Waals surface area contributed by atoms with Gasteiger partial charge in [0.1, 0.15) is 0 Å². The summed E-state index contributed by atoms with van der Waals surface area (Å²) in [5.41, 5.74) is 0.684. The molecule has 1 heterocycles. The third kappa shape index (κ3) is 3.59. The van der Waals surface area contributed by atoms with Crippen LogP contribution in [-0.4, -0.2) is 35.1 Å². The first kappa shape index (κ1) is 14.6. The number of benzene rings is 1. The number of nitrogens with one attached hydrogen (secondary N) is 1. The van der Waals surface area contributed by atoms with Gasteiger partial charge >= 0.3 is 12.0 Å². The quantitative estimate of drug-likeness (QED) is 0.697. The molecule has 1 aliphatic heterocycles. The second-order valence-electron chi connectivity index (χ2n) is 4.32.